The van der Waals surface area contributed by atoms with Crippen molar-refractivity contribution in [2.75, 3.05) is 13.2 Å². The molecule has 0 aromatic carbocycles. The van der Waals surface area contributed by atoms with Crippen molar-refractivity contribution in [3.8, 4) is 0 Å². The first-order chi connectivity index (χ1) is 9.78. The molecule has 1 aromatic heterocycles. The SMILES string of the molecule is CCCn1nccc1C(CC1CC(OCC)C1)NCC. The highest BCUT2D eigenvalue weighted by atomic mass is 16.5. The summed E-state index contributed by atoms with van der Waals surface area (Å²) in [4.78, 5) is 0. The maximum atomic E-state index is 5.66. The molecule has 1 aromatic rings. The summed E-state index contributed by atoms with van der Waals surface area (Å²) in [5.74, 6) is 0.792. The normalized spacial score (nSPS) is 23.6. The molecular formula is C16H29N3O. The maximum Gasteiger partial charge on any atom is 0.0580 e. The van der Waals surface area contributed by atoms with Crippen molar-refractivity contribution in [1.82, 2.24) is 15.1 Å². The van der Waals surface area contributed by atoms with Crippen LogP contribution < -0.4 is 5.32 Å². The van der Waals surface area contributed by atoms with E-state index in [1.807, 2.05) is 6.20 Å². The van der Waals surface area contributed by atoms with Gasteiger partial charge in [0.15, 0.2) is 0 Å². The zero-order valence-electron chi connectivity index (χ0n) is 13.1. The maximum absolute atomic E-state index is 5.66. The molecular weight excluding hydrogens is 250 g/mol. The Balaban J connectivity index is 1.92. The lowest BCUT2D eigenvalue weighted by Gasteiger charge is -2.37. The van der Waals surface area contributed by atoms with Crippen LogP contribution >= 0.6 is 0 Å². The van der Waals surface area contributed by atoms with Crippen LogP contribution in [0.15, 0.2) is 12.3 Å². The minimum Gasteiger partial charge on any atom is -0.378 e. The summed E-state index contributed by atoms with van der Waals surface area (Å²) in [5.41, 5.74) is 1.34. The monoisotopic (exact) mass is 279 g/mol. The van der Waals surface area contributed by atoms with Crippen LogP contribution in [0.1, 0.15) is 58.2 Å². The highest BCUT2D eigenvalue weighted by molar-refractivity contribution is 5.08. The second-order valence-corrected chi connectivity index (χ2v) is 5.74. The smallest absolute Gasteiger partial charge is 0.0580 e. The van der Waals surface area contributed by atoms with Crippen molar-refractivity contribution in [2.45, 2.75) is 65.1 Å². The molecule has 1 aliphatic rings. The third-order valence-electron chi connectivity index (χ3n) is 4.16. The molecule has 0 saturated heterocycles. The van der Waals surface area contributed by atoms with Gasteiger partial charge < -0.3 is 10.1 Å². The van der Waals surface area contributed by atoms with E-state index in [2.05, 4.69) is 41.9 Å². The molecule has 1 saturated carbocycles. The molecule has 20 heavy (non-hydrogen) atoms. The molecule has 1 unspecified atom stereocenters. The predicted molar refractivity (Wildman–Crippen MR) is 81.7 cm³/mol. The lowest BCUT2D eigenvalue weighted by atomic mass is 9.77. The molecule has 4 heteroatoms. The Morgan fingerprint density at radius 1 is 1.40 bits per heavy atom. The van der Waals surface area contributed by atoms with Crippen LogP contribution in [0, 0.1) is 5.92 Å². The molecule has 0 radical (unpaired) electrons. The topological polar surface area (TPSA) is 39.1 Å². The summed E-state index contributed by atoms with van der Waals surface area (Å²) in [7, 11) is 0. The highest BCUT2D eigenvalue weighted by Gasteiger charge is 2.32. The van der Waals surface area contributed by atoms with Crippen molar-refractivity contribution in [3.63, 3.8) is 0 Å². The summed E-state index contributed by atoms with van der Waals surface area (Å²) in [6.07, 6.45) is 7.21. The summed E-state index contributed by atoms with van der Waals surface area (Å²) in [5, 5.41) is 8.08. The fourth-order valence-electron chi connectivity index (χ4n) is 3.16. The van der Waals surface area contributed by atoms with Gasteiger partial charge in [0, 0.05) is 25.4 Å². The summed E-state index contributed by atoms with van der Waals surface area (Å²) < 4.78 is 7.82. The van der Waals surface area contributed by atoms with Crippen LogP contribution in [-0.4, -0.2) is 29.0 Å². The van der Waals surface area contributed by atoms with Crippen LogP contribution in [0.3, 0.4) is 0 Å². The largest absolute Gasteiger partial charge is 0.378 e. The number of nitrogens with zero attached hydrogens (tertiary/aromatic N) is 2. The van der Waals surface area contributed by atoms with Gasteiger partial charge in [-0.15, -0.1) is 0 Å². The van der Waals surface area contributed by atoms with Crippen molar-refractivity contribution < 1.29 is 4.74 Å². The summed E-state index contributed by atoms with van der Waals surface area (Å²) >= 11 is 0. The summed E-state index contributed by atoms with van der Waals surface area (Å²) in [6.45, 7) is 9.32. The molecule has 1 heterocycles. The van der Waals surface area contributed by atoms with Crippen LogP contribution in [0.4, 0.5) is 0 Å². The Morgan fingerprint density at radius 3 is 2.85 bits per heavy atom. The van der Waals surface area contributed by atoms with E-state index < -0.39 is 0 Å². The van der Waals surface area contributed by atoms with E-state index in [0.717, 1.165) is 32.0 Å². The molecule has 1 N–H and O–H groups in total. The lowest BCUT2D eigenvalue weighted by molar-refractivity contribution is -0.0293. The fourth-order valence-corrected chi connectivity index (χ4v) is 3.16. The van der Waals surface area contributed by atoms with Gasteiger partial charge in [0.05, 0.1) is 11.8 Å². The number of aryl methyl sites for hydroxylation is 1. The van der Waals surface area contributed by atoms with Gasteiger partial charge in [-0.25, -0.2) is 0 Å². The molecule has 0 aliphatic heterocycles. The Hall–Kier alpha value is -0.870. The van der Waals surface area contributed by atoms with E-state index >= 15 is 0 Å². The highest BCUT2D eigenvalue weighted by Crippen LogP contribution is 2.36. The average Bonchev–Trinajstić information content (AvgIpc) is 2.84. The van der Waals surface area contributed by atoms with E-state index in [-0.39, 0.29) is 0 Å². The van der Waals surface area contributed by atoms with Gasteiger partial charge in [-0.2, -0.15) is 5.10 Å². The van der Waals surface area contributed by atoms with E-state index in [1.54, 1.807) is 0 Å². The van der Waals surface area contributed by atoms with E-state index in [4.69, 9.17) is 4.74 Å². The molecule has 1 aliphatic carbocycles. The van der Waals surface area contributed by atoms with Gasteiger partial charge >= 0.3 is 0 Å². The number of nitrogens with one attached hydrogen (secondary N) is 1. The van der Waals surface area contributed by atoms with Crippen molar-refractivity contribution in [3.05, 3.63) is 18.0 Å². The zero-order valence-corrected chi connectivity index (χ0v) is 13.1. The second kappa shape index (κ2) is 7.79. The van der Waals surface area contributed by atoms with Crippen molar-refractivity contribution in [1.29, 1.82) is 0 Å². The van der Waals surface area contributed by atoms with Gasteiger partial charge in [0.2, 0.25) is 0 Å². The van der Waals surface area contributed by atoms with Gasteiger partial charge in [0.1, 0.15) is 0 Å². The first-order valence-corrected chi connectivity index (χ1v) is 8.15. The van der Waals surface area contributed by atoms with Crippen molar-refractivity contribution in [2.24, 2.45) is 5.92 Å². The third kappa shape index (κ3) is 3.83. The second-order valence-electron chi connectivity index (χ2n) is 5.74. The van der Waals surface area contributed by atoms with Gasteiger partial charge in [0.25, 0.3) is 0 Å². The molecule has 1 atom stereocenters. The van der Waals surface area contributed by atoms with Gasteiger partial charge in [-0.1, -0.05) is 13.8 Å². The Kier molecular flexibility index (Phi) is 6.05. The number of rotatable bonds is 9. The van der Waals surface area contributed by atoms with E-state index in [0.29, 0.717) is 12.1 Å². The molecule has 0 spiro atoms. The van der Waals surface area contributed by atoms with Crippen LogP contribution in [0.5, 0.6) is 0 Å². The third-order valence-corrected chi connectivity index (χ3v) is 4.16. The minimum atomic E-state index is 0.432. The van der Waals surface area contributed by atoms with E-state index in [9.17, 15) is 0 Å². The molecule has 2 rings (SSSR count). The van der Waals surface area contributed by atoms with Crippen LogP contribution in [-0.2, 0) is 11.3 Å². The predicted octanol–water partition coefficient (Wildman–Crippen LogP) is 3.15. The van der Waals surface area contributed by atoms with Gasteiger partial charge in [-0.05, 0) is 51.1 Å². The number of ether oxygens (including phenoxy) is 1. The van der Waals surface area contributed by atoms with Gasteiger partial charge in [-0.3, -0.25) is 4.68 Å². The fraction of sp³-hybridized carbons (Fsp3) is 0.812. The first kappa shape index (κ1) is 15.5. The molecule has 114 valence electrons. The zero-order chi connectivity index (χ0) is 14.4. The Labute approximate surface area is 122 Å². The Morgan fingerprint density at radius 2 is 2.20 bits per heavy atom. The molecule has 0 bridgehead atoms. The number of hydrogen-bond acceptors (Lipinski definition) is 3. The minimum absolute atomic E-state index is 0.432. The van der Waals surface area contributed by atoms with E-state index in [1.165, 1.54) is 25.0 Å². The molecule has 4 nitrogen and oxygen atoms in total. The summed E-state index contributed by atoms with van der Waals surface area (Å²) in [6, 6.07) is 2.60. The lowest BCUT2D eigenvalue weighted by Crippen LogP contribution is -2.35. The van der Waals surface area contributed by atoms with Crippen LogP contribution in [0.25, 0.3) is 0 Å². The first-order valence-electron chi connectivity index (χ1n) is 8.15. The van der Waals surface area contributed by atoms with Crippen LogP contribution in [0.2, 0.25) is 0 Å². The number of aromatic nitrogens is 2. The number of hydrogen-bond donors (Lipinski definition) is 1. The Bertz CT molecular complexity index is 385. The molecule has 0 amide bonds. The molecule has 1 fully saturated rings. The quantitative estimate of drug-likeness (QED) is 0.755. The van der Waals surface area contributed by atoms with Crippen molar-refractivity contribution >= 4 is 0 Å². The standard InChI is InChI=1S/C16H29N3O/c1-4-9-19-16(7-8-18-19)15(17-5-2)12-13-10-14(11-13)20-6-3/h7-8,13-15,17H,4-6,9-12H2,1-3H3. The average molecular weight is 279 g/mol.